The summed E-state index contributed by atoms with van der Waals surface area (Å²) < 4.78 is 13.6. The van der Waals surface area contributed by atoms with Crippen LogP contribution in [-0.4, -0.2) is 16.9 Å². The molecule has 1 aromatic heterocycles. The van der Waals surface area contributed by atoms with Crippen LogP contribution >= 0.6 is 11.3 Å². The zero-order valence-corrected chi connectivity index (χ0v) is 10.5. The van der Waals surface area contributed by atoms with E-state index in [0.717, 1.165) is 16.4 Å². The van der Waals surface area contributed by atoms with E-state index >= 15 is 0 Å². The van der Waals surface area contributed by atoms with E-state index in [-0.39, 0.29) is 10.9 Å². The van der Waals surface area contributed by atoms with E-state index in [1.165, 1.54) is 32.0 Å². The number of hydroxylamine groups is 1. The van der Waals surface area contributed by atoms with Crippen LogP contribution in [-0.2, 0) is 14.4 Å². The SMILES string of the molecule is CC(=O)ON(C(C)=O)c1nc2ccc(F)cc2s1. The average molecular weight is 268 g/mol. The van der Waals surface area contributed by atoms with Crippen LogP contribution in [0.25, 0.3) is 10.2 Å². The maximum Gasteiger partial charge on any atom is 0.330 e. The molecule has 94 valence electrons. The van der Waals surface area contributed by atoms with Crippen LogP contribution in [0.2, 0.25) is 0 Å². The van der Waals surface area contributed by atoms with E-state index in [4.69, 9.17) is 4.84 Å². The number of rotatable bonds is 1. The van der Waals surface area contributed by atoms with Gasteiger partial charge in [0, 0.05) is 13.8 Å². The molecule has 0 aliphatic carbocycles. The molecule has 0 atom stereocenters. The van der Waals surface area contributed by atoms with Crippen molar-refractivity contribution in [3.05, 3.63) is 24.0 Å². The third-order valence-electron chi connectivity index (χ3n) is 2.02. The van der Waals surface area contributed by atoms with Crippen molar-refractivity contribution in [2.45, 2.75) is 13.8 Å². The lowest BCUT2D eigenvalue weighted by Crippen LogP contribution is -2.30. The third kappa shape index (κ3) is 2.45. The number of benzene rings is 1. The molecule has 0 radical (unpaired) electrons. The molecule has 0 aliphatic rings. The summed E-state index contributed by atoms with van der Waals surface area (Å²) in [5, 5.41) is 0.989. The first-order valence-corrected chi connectivity index (χ1v) is 5.84. The first kappa shape index (κ1) is 12.4. The monoisotopic (exact) mass is 268 g/mol. The normalized spacial score (nSPS) is 10.4. The van der Waals surface area contributed by atoms with Gasteiger partial charge in [0.25, 0.3) is 5.91 Å². The van der Waals surface area contributed by atoms with Crippen molar-refractivity contribution >= 4 is 38.6 Å². The molecule has 1 aromatic carbocycles. The number of anilines is 1. The molecule has 0 spiro atoms. The number of hydrogen-bond acceptors (Lipinski definition) is 5. The van der Waals surface area contributed by atoms with Gasteiger partial charge in [-0.25, -0.2) is 14.2 Å². The van der Waals surface area contributed by atoms with Crippen molar-refractivity contribution < 1.29 is 18.8 Å². The minimum Gasteiger partial charge on any atom is -0.331 e. The highest BCUT2D eigenvalue weighted by Crippen LogP contribution is 2.29. The molecule has 18 heavy (non-hydrogen) atoms. The van der Waals surface area contributed by atoms with Crippen LogP contribution in [0.5, 0.6) is 0 Å². The number of nitrogens with zero attached hydrogens (tertiary/aromatic N) is 2. The van der Waals surface area contributed by atoms with E-state index in [1.807, 2.05) is 0 Å². The number of fused-ring (bicyclic) bond motifs is 1. The molecule has 7 heteroatoms. The van der Waals surface area contributed by atoms with Crippen LogP contribution < -0.4 is 5.06 Å². The average Bonchev–Trinajstić information content (AvgIpc) is 2.67. The molecule has 2 rings (SSSR count). The predicted octanol–water partition coefficient (Wildman–Crippen LogP) is 2.27. The molecule has 0 unspecified atom stereocenters. The summed E-state index contributed by atoms with van der Waals surface area (Å²) in [6.07, 6.45) is 0. The van der Waals surface area contributed by atoms with Crippen molar-refractivity contribution in [3.63, 3.8) is 0 Å². The number of carbonyl (C=O) groups is 2. The van der Waals surface area contributed by atoms with Crippen molar-refractivity contribution in [2.75, 3.05) is 5.06 Å². The highest BCUT2D eigenvalue weighted by molar-refractivity contribution is 7.22. The number of aromatic nitrogens is 1. The van der Waals surface area contributed by atoms with E-state index in [9.17, 15) is 14.0 Å². The Hall–Kier alpha value is -2.02. The number of amides is 1. The Morgan fingerprint density at radius 1 is 1.39 bits per heavy atom. The lowest BCUT2D eigenvalue weighted by Gasteiger charge is -2.14. The van der Waals surface area contributed by atoms with Gasteiger partial charge in [0.05, 0.1) is 10.2 Å². The molecule has 2 aromatic rings. The van der Waals surface area contributed by atoms with Crippen molar-refractivity contribution in [1.29, 1.82) is 0 Å². The third-order valence-corrected chi connectivity index (χ3v) is 3.01. The fraction of sp³-hybridized carbons (Fsp3) is 0.182. The standard InChI is InChI=1S/C11H9FN2O3S/c1-6(15)14(17-7(2)16)11-13-9-4-3-8(12)5-10(9)18-11/h3-5H,1-2H3. The second-order valence-corrected chi connectivity index (χ2v) is 4.51. The quantitative estimate of drug-likeness (QED) is 0.744. The van der Waals surface area contributed by atoms with Gasteiger partial charge < -0.3 is 4.84 Å². The van der Waals surface area contributed by atoms with Gasteiger partial charge in [0.2, 0.25) is 5.13 Å². The van der Waals surface area contributed by atoms with Gasteiger partial charge in [0.15, 0.2) is 0 Å². The largest absolute Gasteiger partial charge is 0.331 e. The highest BCUT2D eigenvalue weighted by atomic mass is 32.1. The first-order chi connectivity index (χ1) is 8.47. The highest BCUT2D eigenvalue weighted by Gasteiger charge is 2.19. The number of halogens is 1. The van der Waals surface area contributed by atoms with Crippen molar-refractivity contribution in [2.24, 2.45) is 0 Å². The molecule has 5 nitrogen and oxygen atoms in total. The molecular weight excluding hydrogens is 259 g/mol. The van der Waals surface area contributed by atoms with Crippen LogP contribution in [0.4, 0.5) is 9.52 Å². The van der Waals surface area contributed by atoms with E-state index in [0.29, 0.717) is 10.2 Å². The van der Waals surface area contributed by atoms with Crippen LogP contribution in [0.15, 0.2) is 18.2 Å². The van der Waals surface area contributed by atoms with E-state index < -0.39 is 11.9 Å². The lowest BCUT2D eigenvalue weighted by atomic mass is 10.3. The fourth-order valence-corrected chi connectivity index (χ4v) is 2.32. The summed E-state index contributed by atoms with van der Waals surface area (Å²) in [6, 6.07) is 4.08. The topological polar surface area (TPSA) is 59.5 Å². The van der Waals surface area contributed by atoms with E-state index in [1.54, 1.807) is 0 Å². The van der Waals surface area contributed by atoms with Crippen molar-refractivity contribution in [3.8, 4) is 0 Å². The van der Waals surface area contributed by atoms with Gasteiger partial charge in [-0.2, -0.15) is 0 Å². The van der Waals surface area contributed by atoms with Gasteiger partial charge in [0.1, 0.15) is 5.82 Å². The van der Waals surface area contributed by atoms with Crippen LogP contribution in [0.1, 0.15) is 13.8 Å². The molecule has 1 heterocycles. The smallest absolute Gasteiger partial charge is 0.330 e. The molecule has 0 bridgehead atoms. The Kier molecular flexibility index (Phi) is 3.24. The summed E-state index contributed by atoms with van der Waals surface area (Å²) in [4.78, 5) is 31.1. The Morgan fingerprint density at radius 3 is 2.72 bits per heavy atom. The van der Waals surface area contributed by atoms with Crippen LogP contribution in [0.3, 0.4) is 0 Å². The minimum atomic E-state index is -0.629. The van der Waals surface area contributed by atoms with Gasteiger partial charge >= 0.3 is 5.97 Å². The second kappa shape index (κ2) is 4.69. The Bertz CT molecular complexity index is 626. The van der Waals surface area contributed by atoms with Gasteiger partial charge in [-0.15, -0.1) is 5.06 Å². The Balaban J connectivity index is 2.44. The Labute approximate surface area is 106 Å². The summed E-state index contributed by atoms with van der Waals surface area (Å²) in [7, 11) is 0. The van der Waals surface area contributed by atoms with E-state index in [2.05, 4.69) is 4.98 Å². The number of thiazole rings is 1. The maximum absolute atomic E-state index is 13.0. The lowest BCUT2D eigenvalue weighted by molar-refractivity contribution is -0.147. The number of hydrogen-bond donors (Lipinski definition) is 0. The molecular formula is C11H9FN2O3S. The van der Waals surface area contributed by atoms with Gasteiger partial charge in [-0.05, 0) is 18.2 Å². The summed E-state index contributed by atoms with van der Waals surface area (Å²) in [6.45, 7) is 2.43. The first-order valence-electron chi connectivity index (χ1n) is 5.02. The second-order valence-electron chi connectivity index (χ2n) is 3.50. The molecule has 0 fully saturated rings. The van der Waals surface area contributed by atoms with Crippen molar-refractivity contribution in [1.82, 2.24) is 4.98 Å². The molecule has 1 amide bonds. The molecule has 0 aliphatic heterocycles. The number of carbonyl (C=O) groups excluding carboxylic acids is 2. The molecule has 0 saturated heterocycles. The Morgan fingerprint density at radius 2 is 2.11 bits per heavy atom. The minimum absolute atomic E-state index is 0.193. The molecule has 0 N–H and O–H groups in total. The summed E-state index contributed by atoms with van der Waals surface area (Å²) >= 11 is 1.07. The zero-order valence-electron chi connectivity index (χ0n) is 9.64. The summed E-state index contributed by atoms with van der Waals surface area (Å²) in [5.74, 6) is -1.50. The molecule has 0 saturated carbocycles. The maximum atomic E-state index is 13.0. The fourth-order valence-electron chi connectivity index (χ4n) is 1.34. The van der Waals surface area contributed by atoms with Crippen LogP contribution in [0, 0.1) is 5.82 Å². The van der Waals surface area contributed by atoms with Gasteiger partial charge in [-0.3, -0.25) is 4.79 Å². The zero-order chi connectivity index (χ0) is 13.3. The predicted molar refractivity (Wildman–Crippen MR) is 64.5 cm³/mol. The summed E-state index contributed by atoms with van der Waals surface area (Å²) in [5.41, 5.74) is 0.537. The van der Waals surface area contributed by atoms with Gasteiger partial charge in [-0.1, -0.05) is 11.3 Å².